The summed E-state index contributed by atoms with van der Waals surface area (Å²) in [5.74, 6) is 0.0193. The van der Waals surface area contributed by atoms with Gasteiger partial charge in [0, 0.05) is 31.0 Å². The molecule has 1 aromatic heterocycles. The first-order chi connectivity index (χ1) is 14.0. The van der Waals surface area contributed by atoms with Crippen molar-refractivity contribution in [3.8, 4) is 0 Å². The highest BCUT2D eigenvalue weighted by molar-refractivity contribution is 5.96. The van der Waals surface area contributed by atoms with Gasteiger partial charge in [0.15, 0.2) is 0 Å². The van der Waals surface area contributed by atoms with Gasteiger partial charge in [-0.15, -0.1) is 0 Å². The third kappa shape index (κ3) is 3.79. The van der Waals surface area contributed by atoms with Crippen LogP contribution in [0.4, 0.5) is 5.69 Å². The molecule has 0 unspecified atom stereocenters. The van der Waals surface area contributed by atoms with E-state index in [1.165, 1.54) is 0 Å². The molecule has 0 N–H and O–H groups in total. The van der Waals surface area contributed by atoms with Gasteiger partial charge in [0.25, 0.3) is 11.8 Å². The standard InChI is InChI=1S/C22H28N4O3/c1-3-11-26-17(2)19(14-23-26)21(28)24-12-9-22(10-13-24)16-25(20(27)15-29-22)18-7-5-4-6-8-18/h4-8,14H,3,9-13,15-16H2,1-2H3. The molecule has 2 aliphatic heterocycles. The highest BCUT2D eigenvalue weighted by Gasteiger charge is 2.43. The van der Waals surface area contributed by atoms with Gasteiger partial charge in [-0.1, -0.05) is 25.1 Å². The largest absolute Gasteiger partial charge is 0.363 e. The Morgan fingerprint density at radius 1 is 1.21 bits per heavy atom. The number of hydrogen-bond acceptors (Lipinski definition) is 4. The highest BCUT2D eigenvalue weighted by atomic mass is 16.5. The molecule has 2 fully saturated rings. The smallest absolute Gasteiger partial charge is 0.257 e. The van der Waals surface area contributed by atoms with Crippen LogP contribution >= 0.6 is 0 Å². The zero-order valence-electron chi connectivity index (χ0n) is 17.1. The highest BCUT2D eigenvalue weighted by Crippen LogP contribution is 2.33. The summed E-state index contributed by atoms with van der Waals surface area (Å²) < 4.78 is 7.91. The minimum atomic E-state index is -0.387. The number of amides is 2. The molecule has 3 heterocycles. The monoisotopic (exact) mass is 396 g/mol. The van der Waals surface area contributed by atoms with E-state index in [1.54, 1.807) is 6.20 Å². The Hall–Kier alpha value is -2.67. The third-order valence-electron chi connectivity index (χ3n) is 6.05. The first-order valence-corrected chi connectivity index (χ1v) is 10.3. The number of aryl methyl sites for hydroxylation is 1. The Morgan fingerprint density at radius 3 is 2.62 bits per heavy atom. The van der Waals surface area contributed by atoms with Crippen LogP contribution in [-0.4, -0.2) is 58.3 Å². The fraction of sp³-hybridized carbons (Fsp3) is 0.500. The van der Waals surface area contributed by atoms with Gasteiger partial charge < -0.3 is 14.5 Å². The van der Waals surface area contributed by atoms with E-state index < -0.39 is 0 Å². The molecule has 1 aromatic carbocycles. The van der Waals surface area contributed by atoms with Crippen molar-refractivity contribution < 1.29 is 14.3 Å². The van der Waals surface area contributed by atoms with Crippen LogP contribution in [0.5, 0.6) is 0 Å². The average molecular weight is 396 g/mol. The lowest BCUT2D eigenvalue weighted by Gasteiger charge is -2.47. The van der Waals surface area contributed by atoms with Crippen molar-refractivity contribution in [2.45, 2.75) is 45.3 Å². The second kappa shape index (κ2) is 7.99. The van der Waals surface area contributed by atoms with Crippen LogP contribution in [0.1, 0.15) is 42.2 Å². The fourth-order valence-electron chi connectivity index (χ4n) is 4.24. The summed E-state index contributed by atoms with van der Waals surface area (Å²) in [6.45, 7) is 6.73. The van der Waals surface area contributed by atoms with Crippen LogP contribution in [0.2, 0.25) is 0 Å². The number of benzene rings is 1. The molecule has 0 saturated carbocycles. The number of likely N-dealkylation sites (tertiary alicyclic amines) is 1. The molecule has 0 atom stereocenters. The van der Waals surface area contributed by atoms with Crippen LogP contribution in [0.25, 0.3) is 0 Å². The number of aromatic nitrogens is 2. The quantitative estimate of drug-likeness (QED) is 0.797. The molecule has 2 aliphatic rings. The average Bonchev–Trinajstić information content (AvgIpc) is 3.11. The van der Waals surface area contributed by atoms with Gasteiger partial charge in [-0.05, 0) is 38.3 Å². The number of nitrogens with zero attached hydrogens (tertiary/aromatic N) is 4. The van der Waals surface area contributed by atoms with Crippen LogP contribution in [0.15, 0.2) is 36.5 Å². The van der Waals surface area contributed by atoms with E-state index in [1.807, 2.05) is 51.7 Å². The van der Waals surface area contributed by atoms with Crippen molar-refractivity contribution in [1.29, 1.82) is 0 Å². The number of carbonyl (C=O) groups is 2. The van der Waals surface area contributed by atoms with Gasteiger partial charge in [0.05, 0.1) is 23.9 Å². The Kier molecular flexibility index (Phi) is 5.41. The molecular weight excluding hydrogens is 368 g/mol. The summed E-state index contributed by atoms with van der Waals surface area (Å²) in [5.41, 5.74) is 2.12. The Bertz CT molecular complexity index is 885. The summed E-state index contributed by atoms with van der Waals surface area (Å²) in [6, 6.07) is 9.72. The zero-order valence-corrected chi connectivity index (χ0v) is 17.1. The molecule has 2 amide bonds. The molecular formula is C22H28N4O3. The molecule has 0 bridgehead atoms. The van der Waals surface area contributed by atoms with E-state index in [0.29, 0.717) is 25.2 Å². The van der Waals surface area contributed by atoms with Crippen LogP contribution in [0.3, 0.4) is 0 Å². The Balaban J connectivity index is 1.43. The van der Waals surface area contributed by atoms with E-state index in [-0.39, 0.29) is 24.0 Å². The number of anilines is 1. The molecule has 7 heteroatoms. The van der Waals surface area contributed by atoms with E-state index in [0.717, 1.165) is 37.2 Å². The Labute approximate surface area is 171 Å². The van der Waals surface area contributed by atoms with Gasteiger partial charge >= 0.3 is 0 Å². The summed E-state index contributed by atoms with van der Waals surface area (Å²) in [4.78, 5) is 29.1. The van der Waals surface area contributed by atoms with Crippen molar-refractivity contribution in [3.05, 3.63) is 47.8 Å². The number of carbonyl (C=O) groups excluding carboxylic acids is 2. The molecule has 29 heavy (non-hydrogen) atoms. The van der Waals surface area contributed by atoms with Gasteiger partial charge in [0.1, 0.15) is 6.61 Å². The number of para-hydroxylation sites is 1. The molecule has 0 radical (unpaired) electrons. The number of hydrogen-bond donors (Lipinski definition) is 0. The van der Waals surface area contributed by atoms with Gasteiger partial charge in [-0.2, -0.15) is 5.10 Å². The maximum atomic E-state index is 13.0. The van der Waals surface area contributed by atoms with E-state index in [9.17, 15) is 9.59 Å². The third-order valence-corrected chi connectivity index (χ3v) is 6.05. The minimum absolute atomic E-state index is 0.0145. The number of ether oxygens (including phenoxy) is 1. The normalized spacial score (nSPS) is 19.0. The van der Waals surface area contributed by atoms with Gasteiger partial charge in [0.2, 0.25) is 0 Å². The number of rotatable bonds is 4. The zero-order chi connectivity index (χ0) is 20.4. The summed E-state index contributed by atoms with van der Waals surface area (Å²) in [7, 11) is 0. The minimum Gasteiger partial charge on any atom is -0.363 e. The number of piperidine rings is 1. The van der Waals surface area contributed by atoms with Gasteiger partial charge in [-0.3, -0.25) is 14.3 Å². The van der Waals surface area contributed by atoms with Crippen molar-refractivity contribution in [1.82, 2.24) is 14.7 Å². The van der Waals surface area contributed by atoms with Crippen molar-refractivity contribution in [2.24, 2.45) is 0 Å². The molecule has 154 valence electrons. The molecule has 0 aliphatic carbocycles. The van der Waals surface area contributed by atoms with Crippen molar-refractivity contribution >= 4 is 17.5 Å². The number of morpholine rings is 1. The lowest BCUT2D eigenvalue weighted by atomic mass is 9.88. The van der Waals surface area contributed by atoms with Crippen molar-refractivity contribution in [3.63, 3.8) is 0 Å². The van der Waals surface area contributed by atoms with E-state index >= 15 is 0 Å². The summed E-state index contributed by atoms with van der Waals surface area (Å²) >= 11 is 0. The predicted octanol–water partition coefficient (Wildman–Crippen LogP) is 2.64. The topological polar surface area (TPSA) is 67.7 Å². The molecule has 4 rings (SSSR count). The first kappa shape index (κ1) is 19.6. The fourth-order valence-corrected chi connectivity index (χ4v) is 4.24. The lowest BCUT2D eigenvalue weighted by Crippen LogP contribution is -2.59. The maximum absolute atomic E-state index is 13.0. The molecule has 2 saturated heterocycles. The van der Waals surface area contributed by atoms with Crippen LogP contribution in [0, 0.1) is 6.92 Å². The SMILES string of the molecule is CCCn1ncc(C(=O)N2CCC3(CC2)CN(c2ccccc2)C(=O)CO3)c1C. The predicted molar refractivity (Wildman–Crippen MR) is 110 cm³/mol. The summed E-state index contributed by atoms with van der Waals surface area (Å²) in [6.07, 6.45) is 4.11. The van der Waals surface area contributed by atoms with Crippen molar-refractivity contribution in [2.75, 3.05) is 31.1 Å². The Morgan fingerprint density at radius 2 is 1.93 bits per heavy atom. The second-order valence-corrected chi connectivity index (χ2v) is 7.95. The van der Waals surface area contributed by atoms with Gasteiger partial charge in [-0.25, -0.2) is 0 Å². The second-order valence-electron chi connectivity index (χ2n) is 7.95. The molecule has 1 spiro atoms. The lowest BCUT2D eigenvalue weighted by molar-refractivity contribution is -0.143. The maximum Gasteiger partial charge on any atom is 0.257 e. The van der Waals surface area contributed by atoms with E-state index in [4.69, 9.17) is 4.74 Å². The van der Waals surface area contributed by atoms with Crippen LogP contribution < -0.4 is 4.90 Å². The molecule has 7 nitrogen and oxygen atoms in total. The molecule has 2 aromatic rings. The first-order valence-electron chi connectivity index (χ1n) is 10.3. The van der Waals surface area contributed by atoms with Crippen LogP contribution in [-0.2, 0) is 16.1 Å². The summed E-state index contributed by atoms with van der Waals surface area (Å²) in [5, 5.41) is 4.36. The van der Waals surface area contributed by atoms with E-state index in [2.05, 4.69) is 12.0 Å².